The van der Waals surface area contributed by atoms with Crippen LogP contribution in [0.5, 0.6) is 0 Å². The van der Waals surface area contributed by atoms with Crippen LogP contribution in [0.15, 0.2) is 85.2 Å². The molecule has 3 aromatic carbocycles. The first-order chi connectivity index (χ1) is 11.3. The zero-order chi connectivity index (χ0) is 15.6. The molecule has 2 nitrogen and oxygen atoms in total. The van der Waals surface area contributed by atoms with Gasteiger partial charge in [-0.3, -0.25) is 0 Å². The minimum atomic E-state index is 0.769. The fraction of sp³-hybridized carbons (Fsp3) is 0.0500. The molecule has 0 bridgehead atoms. The summed E-state index contributed by atoms with van der Waals surface area (Å²) in [5.74, 6) is 0. The summed E-state index contributed by atoms with van der Waals surface area (Å²) >= 11 is 5.98. The van der Waals surface area contributed by atoms with Crippen molar-refractivity contribution in [2.75, 3.05) is 0 Å². The lowest BCUT2D eigenvalue weighted by atomic mass is 10.2. The molecule has 3 heteroatoms. The predicted molar refractivity (Wildman–Crippen MR) is 94.0 cm³/mol. The smallest absolute Gasteiger partial charge is 0.225 e. The third-order valence-corrected chi connectivity index (χ3v) is 4.26. The number of aromatic nitrogens is 2. The number of para-hydroxylation sites is 3. The van der Waals surface area contributed by atoms with Gasteiger partial charge in [-0.15, -0.1) is 0 Å². The summed E-state index contributed by atoms with van der Waals surface area (Å²) in [5, 5.41) is 0.769. The molecule has 0 spiro atoms. The van der Waals surface area contributed by atoms with E-state index in [1.165, 1.54) is 22.3 Å². The van der Waals surface area contributed by atoms with Crippen molar-refractivity contribution in [3.05, 3.63) is 95.8 Å². The van der Waals surface area contributed by atoms with Gasteiger partial charge < -0.3 is 0 Å². The van der Waals surface area contributed by atoms with Crippen LogP contribution in [0.1, 0.15) is 5.56 Å². The number of nitrogens with zero attached hydrogens (tertiary/aromatic N) is 2. The maximum absolute atomic E-state index is 5.98. The third kappa shape index (κ3) is 2.73. The lowest BCUT2D eigenvalue weighted by molar-refractivity contribution is -0.662. The molecule has 23 heavy (non-hydrogen) atoms. The number of hydrogen-bond donors (Lipinski definition) is 0. The Morgan fingerprint density at radius 1 is 0.783 bits per heavy atom. The standard InChI is InChI=1S/C20H16ClN2/c21-17-12-10-16(11-13-17)14-22-15-23(18-6-2-1-3-7-18)20-9-5-4-8-19(20)22/h1-13,15H,14H2/q+1. The van der Waals surface area contributed by atoms with Crippen molar-refractivity contribution in [3.63, 3.8) is 0 Å². The molecule has 0 aliphatic carbocycles. The van der Waals surface area contributed by atoms with Crippen molar-refractivity contribution >= 4 is 22.6 Å². The third-order valence-electron chi connectivity index (χ3n) is 4.01. The van der Waals surface area contributed by atoms with E-state index in [1.807, 2.05) is 18.2 Å². The maximum atomic E-state index is 5.98. The van der Waals surface area contributed by atoms with Crippen LogP contribution in [0.25, 0.3) is 16.7 Å². The molecule has 1 heterocycles. The van der Waals surface area contributed by atoms with Crippen LogP contribution >= 0.6 is 11.6 Å². The normalized spacial score (nSPS) is 11.0. The molecule has 0 amide bonds. The van der Waals surface area contributed by atoms with Gasteiger partial charge in [0.2, 0.25) is 6.33 Å². The maximum Gasteiger partial charge on any atom is 0.250 e. The molecule has 0 fully saturated rings. The number of imidazole rings is 1. The van der Waals surface area contributed by atoms with Crippen molar-refractivity contribution in [2.45, 2.75) is 6.54 Å². The van der Waals surface area contributed by atoms with Gasteiger partial charge in [0.05, 0.1) is 0 Å². The number of hydrogen-bond acceptors (Lipinski definition) is 0. The van der Waals surface area contributed by atoms with E-state index in [0.29, 0.717) is 0 Å². The molecule has 112 valence electrons. The highest BCUT2D eigenvalue weighted by molar-refractivity contribution is 6.30. The average molecular weight is 320 g/mol. The summed E-state index contributed by atoms with van der Waals surface area (Å²) in [6.45, 7) is 0.817. The molecule has 1 aromatic heterocycles. The summed E-state index contributed by atoms with van der Waals surface area (Å²) in [6.07, 6.45) is 2.16. The SMILES string of the molecule is Clc1ccc(C[n+]2cn(-c3ccccc3)c3ccccc32)cc1. The highest BCUT2D eigenvalue weighted by atomic mass is 35.5. The van der Waals surface area contributed by atoms with E-state index in [4.69, 9.17) is 11.6 Å². The Morgan fingerprint density at radius 2 is 1.48 bits per heavy atom. The van der Waals surface area contributed by atoms with Gasteiger partial charge in [-0.05, 0) is 42.0 Å². The van der Waals surface area contributed by atoms with Gasteiger partial charge in [-0.25, -0.2) is 4.57 Å². The summed E-state index contributed by atoms with van der Waals surface area (Å²) < 4.78 is 4.50. The second-order valence-electron chi connectivity index (χ2n) is 5.56. The van der Waals surface area contributed by atoms with E-state index in [-0.39, 0.29) is 0 Å². The fourth-order valence-electron chi connectivity index (χ4n) is 2.88. The minimum absolute atomic E-state index is 0.769. The second kappa shape index (κ2) is 5.90. The zero-order valence-corrected chi connectivity index (χ0v) is 13.3. The van der Waals surface area contributed by atoms with Crippen LogP contribution in [0.3, 0.4) is 0 Å². The highest BCUT2D eigenvalue weighted by Gasteiger charge is 2.16. The molecule has 0 N–H and O–H groups in total. The highest BCUT2D eigenvalue weighted by Crippen LogP contribution is 2.17. The Bertz CT molecular complexity index is 940. The summed E-state index contributed by atoms with van der Waals surface area (Å²) in [4.78, 5) is 0. The molecule has 0 radical (unpaired) electrons. The van der Waals surface area contributed by atoms with Crippen molar-refractivity contribution in [3.8, 4) is 5.69 Å². The number of rotatable bonds is 3. The molecule has 0 unspecified atom stereocenters. The topological polar surface area (TPSA) is 8.81 Å². The molecular weight excluding hydrogens is 304 g/mol. The van der Waals surface area contributed by atoms with Crippen molar-refractivity contribution < 1.29 is 4.57 Å². The molecule has 0 aliphatic rings. The van der Waals surface area contributed by atoms with E-state index >= 15 is 0 Å². The van der Waals surface area contributed by atoms with Crippen LogP contribution in [0.2, 0.25) is 5.02 Å². The summed E-state index contributed by atoms with van der Waals surface area (Å²) in [5.41, 5.74) is 4.81. The van der Waals surface area contributed by atoms with Gasteiger partial charge >= 0.3 is 0 Å². The van der Waals surface area contributed by atoms with Gasteiger partial charge in [-0.2, -0.15) is 4.57 Å². The lowest BCUT2D eigenvalue weighted by Crippen LogP contribution is -2.32. The Morgan fingerprint density at radius 3 is 2.26 bits per heavy atom. The van der Waals surface area contributed by atoms with E-state index in [0.717, 1.165) is 11.6 Å². The Kier molecular flexibility index (Phi) is 3.60. The Hall–Kier alpha value is -2.58. The van der Waals surface area contributed by atoms with E-state index in [9.17, 15) is 0 Å². The van der Waals surface area contributed by atoms with Crippen molar-refractivity contribution in [2.24, 2.45) is 0 Å². The Labute approximate surface area is 140 Å². The number of halogens is 1. The molecule has 0 aliphatic heterocycles. The van der Waals surface area contributed by atoms with Crippen LogP contribution in [-0.2, 0) is 6.54 Å². The monoisotopic (exact) mass is 319 g/mol. The van der Waals surface area contributed by atoms with E-state index in [1.54, 1.807) is 0 Å². The van der Waals surface area contributed by atoms with Crippen LogP contribution in [0.4, 0.5) is 0 Å². The van der Waals surface area contributed by atoms with Gasteiger partial charge in [0.15, 0.2) is 11.0 Å². The largest absolute Gasteiger partial charge is 0.250 e. The molecule has 0 saturated heterocycles. The summed E-state index contributed by atoms with van der Waals surface area (Å²) in [6, 6.07) is 26.9. The molecule has 4 rings (SSSR count). The van der Waals surface area contributed by atoms with Crippen LogP contribution in [0, 0.1) is 0 Å². The van der Waals surface area contributed by atoms with Gasteiger partial charge in [0, 0.05) is 5.02 Å². The quantitative estimate of drug-likeness (QED) is 0.487. The van der Waals surface area contributed by atoms with Gasteiger partial charge in [0.25, 0.3) is 0 Å². The molecule has 0 atom stereocenters. The van der Waals surface area contributed by atoms with E-state index in [2.05, 4.69) is 76.1 Å². The fourth-order valence-corrected chi connectivity index (χ4v) is 3.01. The molecule has 4 aromatic rings. The molecular formula is C20H16ClN2+. The van der Waals surface area contributed by atoms with Crippen molar-refractivity contribution in [1.82, 2.24) is 4.57 Å². The lowest BCUT2D eigenvalue weighted by Gasteiger charge is -1.99. The summed E-state index contributed by atoms with van der Waals surface area (Å²) in [7, 11) is 0. The second-order valence-corrected chi connectivity index (χ2v) is 6.00. The van der Waals surface area contributed by atoms with E-state index < -0.39 is 0 Å². The first-order valence-corrected chi connectivity index (χ1v) is 7.98. The first kappa shape index (κ1) is 14.0. The van der Waals surface area contributed by atoms with Crippen LogP contribution in [-0.4, -0.2) is 4.57 Å². The van der Waals surface area contributed by atoms with Gasteiger partial charge in [-0.1, -0.05) is 54.1 Å². The Balaban J connectivity index is 1.83. The number of fused-ring (bicyclic) bond motifs is 1. The van der Waals surface area contributed by atoms with Crippen LogP contribution < -0.4 is 4.57 Å². The predicted octanol–water partition coefficient (Wildman–Crippen LogP) is 4.62. The average Bonchev–Trinajstić information content (AvgIpc) is 2.97. The van der Waals surface area contributed by atoms with Crippen molar-refractivity contribution in [1.29, 1.82) is 0 Å². The van der Waals surface area contributed by atoms with Gasteiger partial charge in [0.1, 0.15) is 12.2 Å². The number of benzene rings is 3. The minimum Gasteiger partial charge on any atom is -0.225 e. The zero-order valence-electron chi connectivity index (χ0n) is 12.6. The molecule has 0 saturated carbocycles. The first-order valence-electron chi connectivity index (χ1n) is 7.61.